The van der Waals surface area contributed by atoms with Gasteiger partial charge in [0, 0.05) is 11.8 Å². The molecule has 0 saturated heterocycles. The van der Waals surface area contributed by atoms with Gasteiger partial charge >= 0.3 is 5.97 Å². The zero-order valence-corrected chi connectivity index (χ0v) is 12.7. The molecule has 1 aromatic carbocycles. The fourth-order valence-corrected chi connectivity index (χ4v) is 2.56. The number of hydrogen-bond donors (Lipinski definition) is 1. The second-order valence-corrected chi connectivity index (χ2v) is 5.17. The molecule has 0 fully saturated rings. The Labute approximate surface area is 137 Å². The van der Waals surface area contributed by atoms with Crippen LogP contribution in [0.2, 0.25) is 0 Å². The average molecular weight is 323 g/mol. The lowest BCUT2D eigenvalue weighted by Gasteiger charge is -2.11. The number of hydrogen-bond acceptors (Lipinski definition) is 4. The van der Waals surface area contributed by atoms with E-state index in [1.807, 2.05) is 30.3 Å². The molecule has 3 rings (SSSR count). The van der Waals surface area contributed by atoms with Gasteiger partial charge in [0.15, 0.2) is 0 Å². The highest BCUT2D eigenvalue weighted by molar-refractivity contribution is 5.91. The maximum absolute atomic E-state index is 11.5. The van der Waals surface area contributed by atoms with E-state index in [0.29, 0.717) is 17.2 Å². The Kier molecular flexibility index (Phi) is 3.83. The topological polar surface area (TPSA) is 98.3 Å². The SMILES string of the molecule is Cc1c(C(=O)O)cc(-c2ccccc2)n1-c1ccc([N+](=O)[O-])cn1. The summed E-state index contributed by atoms with van der Waals surface area (Å²) in [4.78, 5) is 25.8. The van der Waals surface area contributed by atoms with Crippen LogP contribution in [0.5, 0.6) is 0 Å². The molecule has 0 saturated carbocycles. The first-order chi connectivity index (χ1) is 11.5. The maximum Gasteiger partial charge on any atom is 0.337 e. The molecule has 7 nitrogen and oxygen atoms in total. The van der Waals surface area contributed by atoms with Gasteiger partial charge in [0.1, 0.15) is 12.0 Å². The second-order valence-electron chi connectivity index (χ2n) is 5.17. The van der Waals surface area contributed by atoms with Crippen molar-refractivity contribution in [2.75, 3.05) is 0 Å². The summed E-state index contributed by atoms with van der Waals surface area (Å²) in [5, 5.41) is 20.2. The molecule has 2 aromatic heterocycles. The van der Waals surface area contributed by atoms with Crippen molar-refractivity contribution < 1.29 is 14.8 Å². The van der Waals surface area contributed by atoms with Crippen LogP contribution in [0.4, 0.5) is 5.69 Å². The molecule has 1 N–H and O–H groups in total. The van der Waals surface area contributed by atoms with Crippen LogP contribution in [-0.4, -0.2) is 25.6 Å². The highest BCUT2D eigenvalue weighted by Gasteiger charge is 2.20. The van der Waals surface area contributed by atoms with Crippen molar-refractivity contribution in [3.8, 4) is 17.1 Å². The number of aromatic nitrogens is 2. The van der Waals surface area contributed by atoms with Gasteiger partial charge in [-0.2, -0.15) is 0 Å². The van der Waals surface area contributed by atoms with Gasteiger partial charge in [0.2, 0.25) is 0 Å². The van der Waals surface area contributed by atoms with Crippen LogP contribution in [0.1, 0.15) is 16.1 Å². The number of nitrogens with zero attached hydrogens (tertiary/aromatic N) is 3. The summed E-state index contributed by atoms with van der Waals surface area (Å²) in [5.41, 5.74) is 2.03. The first-order valence-electron chi connectivity index (χ1n) is 7.11. The van der Waals surface area contributed by atoms with Gasteiger partial charge in [-0.1, -0.05) is 30.3 Å². The van der Waals surface area contributed by atoms with Crippen molar-refractivity contribution in [1.82, 2.24) is 9.55 Å². The smallest absolute Gasteiger partial charge is 0.337 e. The van der Waals surface area contributed by atoms with Crippen molar-refractivity contribution in [2.45, 2.75) is 6.92 Å². The molecular formula is C17H13N3O4. The van der Waals surface area contributed by atoms with Crippen molar-refractivity contribution in [2.24, 2.45) is 0 Å². The van der Waals surface area contributed by atoms with Crippen molar-refractivity contribution >= 4 is 11.7 Å². The number of rotatable bonds is 4. The normalized spacial score (nSPS) is 10.5. The Morgan fingerprint density at radius 2 is 1.92 bits per heavy atom. The molecular weight excluding hydrogens is 310 g/mol. The van der Waals surface area contributed by atoms with E-state index in [-0.39, 0.29) is 11.3 Å². The summed E-state index contributed by atoms with van der Waals surface area (Å²) in [7, 11) is 0. The minimum absolute atomic E-state index is 0.122. The number of carboxylic acid groups (broad SMARTS) is 1. The number of aromatic carboxylic acids is 1. The molecule has 0 aliphatic rings. The Morgan fingerprint density at radius 1 is 1.21 bits per heavy atom. The van der Waals surface area contributed by atoms with E-state index in [9.17, 15) is 20.0 Å². The third-order valence-electron chi connectivity index (χ3n) is 3.72. The molecule has 7 heteroatoms. The van der Waals surface area contributed by atoms with Crippen molar-refractivity contribution in [1.29, 1.82) is 0 Å². The van der Waals surface area contributed by atoms with Crippen LogP contribution in [0.15, 0.2) is 54.7 Å². The highest BCUT2D eigenvalue weighted by atomic mass is 16.6. The summed E-state index contributed by atoms with van der Waals surface area (Å²) in [5.74, 6) is -0.616. The van der Waals surface area contributed by atoms with E-state index in [2.05, 4.69) is 4.98 Å². The minimum atomic E-state index is -1.04. The van der Waals surface area contributed by atoms with Gasteiger partial charge in [-0.3, -0.25) is 14.7 Å². The van der Waals surface area contributed by atoms with E-state index in [1.54, 1.807) is 17.6 Å². The van der Waals surface area contributed by atoms with Crippen molar-refractivity contribution in [3.05, 3.63) is 76.1 Å². The standard InChI is InChI=1S/C17H13N3O4/c1-11-14(17(21)22)9-15(12-5-3-2-4-6-12)19(11)16-8-7-13(10-18-16)20(23)24/h2-10H,1H3,(H,21,22). The van der Waals surface area contributed by atoms with E-state index in [0.717, 1.165) is 11.8 Å². The lowest BCUT2D eigenvalue weighted by molar-refractivity contribution is -0.385. The largest absolute Gasteiger partial charge is 0.478 e. The Hall–Kier alpha value is -3.48. The summed E-state index contributed by atoms with van der Waals surface area (Å²) in [6, 6.07) is 13.7. The van der Waals surface area contributed by atoms with E-state index >= 15 is 0 Å². The summed E-state index contributed by atoms with van der Waals surface area (Å²) >= 11 is 0. The Balaban J connectivity index is 2.22. The monoisotopic (exact) mass is 323 g/mol. The van der Waals surface area contributed by atoms with Crippen LogP contribution in [0.3, 0.4) is 0 Å². The quantitative estimate of drug-likeness (QED) is 0.585. The molecule has 0 aliphatic carbocycles. The first-order valence-corrected chi connectivity index (χ1v) is 7.11. The molecule has 0 aliphatic heterocycles. The van der Waals surface area contributed by atoms with Gasteiger partial charge < -0.3 is 5.11 Å². The fourth-order valence-electron chi connectivity index (χ4n) is 2.56. The highest BCUT2D eigenvalue weighted by Crippen LogP contribution is 2.29. The molecule has 0 spiro atoms. The molecule has 0 atom stereocenters. The van der Waals surface area contributed by atoms with Crippen LogP contribution in [0, 0.1) is 17.0 Å². The maximum atomic E-state index is 11.5. The molecule has 0 unspecified atom stereocenters. The molecule has 0 bridgehead atoms. The Morgan fingerprint density at radius 3 is 2.46 bits per heavy atom. The van der Waals surface area contributed by atoms with Crippen LogP contribution in [0.25, 0.3) is 17.1 Å². The van der Waals surface area contributed by atoms with Crippen LogP contribution < -0.4 is 0 Å². The number of nitro groups is 1. The lowest BCUT2D eigenvalue weighted by atomic mass is 10.1. The predicted octanol–water partition coefficient (Wildman–Crippen LogP) is 3.45. The summed E-state index contributed by atoms with van der Waals surface area (Å²) in [6.45, 7) is 1.68. The third kappa shape index (κ3) is 2.63. The molecule has 2 heterocycles. The zero-order valence-electron chi connectivity index (χ0n) is 12.7. The molecule has 0 amide bonds. The second kappa shape index (κ2) is 5.96. The number of pyridine rings is 1. The van der Waals surface area contributed by atoms with Gasteiger partial charge in [-0.25, -0.2) is 9.78 Å². The van der Waals surface area contributed by atoms with E-state index < -0.39 is 10.9 Å². The van der Waals surface area contributed by atoms with Gasteiger partial charge in [0.05, 0.1) is 16.2 Å². The minimum Gasteiger partial charge on any atom is -0.478 e. The molecule has 3 aromatic rings. The molecule has 24 heavy (non-hydrogen) atoms. The molecule has 120 valence electrons. The van der Waals surface area contributed by atoms with Crippen LogP contribution >= 0.6 is 0 Å². The predicted molar refractivity (Wildman–Crippen MR) is 87.4 cm³/mol. The first kappa shape index (κ1) is 15.4. The fraction of sp³-hybridized carbons (Fsp3) is 0.0588. The number of benzene rings is 1. The average Bonchev–Trinajstić information content (AvgIpc) is 2.93. The zero-order chi connectivity index (χ0) is 17.3. The summed E-state index contributed by atoms with van der Waals surface area (Å²) in [6.07, 6.45) is 1.16. The van der Waals surface area contributed by atoms with Crippen molar-refractivity contribution in [3.63, 3.8) is 0 Å². The third-order valence-corrected chi connectivity index (χ3v) is 3.72. The number of carboxylic acids is 1. The van der Waals surface area contributed by atoms with Crippen LogP contribution in [-0.2, 0) is 0 Å². The lowest BCUT2D eigenvalue weighted by Crippen LogP contribution is -2.04. The van der Waals surface area contributed by atoms with E-state index in [4.69, 9.17) is 0 Å². The van der Waals surface area contributed by atoms with E-state index in [1.165, 1.54) is 12.1 Å². The molecule has 0 radical (unpaired) electrons. The number of carbonyl (C=O) groups is 1. The van der Waals surface area contributed by atoms with Gasteiger partial charge in [-0.15, -0.1) is 0 Å². The summed E-state index contributed by atoms with van der Waals surface area (Å²) < 4.78 is 1.68. The Bertz CT molecular complexity index is 915. The van der Waals surface area contributed by atoms with Gasteiger partial charge in [-0.05, 0) is 24.6 Å². The van der Waals surface area contributed by atoms with Gasteiger partial charge in [0.25, 0.3) is 5.69 Å².